The molecule has 0 saturated carbocycles. The third-order valence-electron chi connectivity index (χ3n) is 3.31. The van der Waals surface area contributed by atoms with Gasteiger partial charge in [-0.15, -0.1) is 11.3 Å². The minimum absolute atomic E-state index is 0.589. The fraction of sp³-hybridized carbons (Fsp3) is 0.250. The molecule has 0 spiro atoms. The highest BCUT2D eigenvalue weighted by molar-refractivity contribution is 9.10. The average molecular weight is 393 g/mol. The zero-order valence-electron chi connectivity index (χ0n) is 12.5. The molecule has 5 nitrogen and oxygen atoms in total. The summed E-state index contributed by atoms with van der Waals surface area (Å²) >= 11 is 5.02. The van der Waals surface area contributed by atoms with Gasteiger partial charge in [-0.1, -0.05) is 35.5 Å². The largest absolute Gasteiger partial charge is 0.338 e. The number of aromatic nitrogens is 2. The van der Waals surface area contributed by atoms with Crippen LogP contribution in [0.1, 0.15) is 11.5 Å². The molecule has 2 N–H and O–H groups in total. The van der Waals surface area contributed by atoms with Gasteiger partial charge in [0.2, 0.25) is 11.7 Å². The van der Waals surface area contributed by atoms with Crippen LogP contribution in [0.15, 0.2) is 50.8 Å². The van der Waals surface area contributed by atoms with E-state index in [9.17, 15) is 0 Å². The van der Waals surface area contributed by atoms with E-state index in [2.05, 4.69) is 43.1 Å². The predicted molar refractivity (Wildman–Crippen MR) is 94.9 cm³/mol. The van der Waals surface area contributed by atoms with Gasteiger partial charge in [0, 0.05) is 29.5 Å². The molecule has 0 aliphatic rings. The van der Waals surface area contributed by atoms with E-state index >= 15 is 0 Å². The van der Waals surface area contributed by atoms with Crippen LogP contribution in [0, 0.1) is 0 Å². The minimum Gasteiger partial charge on any atom is -0.338 e. The van der Waals surface area contributed by atoms with Crippen molar-refractivity contribution in [1.29, 1.82) is 0 Å². The number of nitrogens with two attached hydrogens (primary N) is 1. The van der Waals surface area contributed by atoms with Crippen molar-refractivity contribution in [2.24, 2.45) is 5.73 Å². The van der Waals surface area contributed by atoms with Crippen molar-refractivity contribution in [1.82, 2.24) is 15.0 Å². The Hall–Kier alpha value is -1.54. The molecule has 7 heteroatoms. The Bertz CT molecular complexity index is 743. The molecule has 3 rings (SSSR count). The Labute approximate surface area is 147 Å². The lowest BCUT2D eigenvalue weighted by molar-refractivity contribution is 0.224. The molecule has 3 aromatic rings. The number of nitrogens with zero attached hydrogens (tertiary/aromatic N) is 3. The Morgan fingerprint density at radius 3 is 2.74 bits per heavy atom. The molecule has 0 unspecified atom stereocenters. The molecule has 1 aromatic carbocycles. The van der Waals surface area contributed by atoms with E-state index in [1.165, 1.54) is 5.56 Å². The topological polar surface area (TPSA) is 68.2 Å². The fourth-order valence-electron chi connectivity index (χ4n) is 2.28. The van der Waals surface area contributed by atoms with Crippen molar-refractivity contribution in [3.8, 4) is 10.7 Å². The summed E-state index contributed by atoms with van der Waals surface area (Å²) in [6, 6.07) is 12.3. The Balaban J connectivity index is 1.69. The number of hydrogen-bond acceptors (Lipinski definition) is 6. The molecule has 0 atom stereocenters. The first-order chi connectivity index (χ1) is 11.2. The van der Waals surface area contributed by atoms with Crippen LogP contribution in [0.25, 0.3) is 10.7 Å². The Morgan fingerprint density at radius 2 is 2.04 bits per heavy atom. The molecular formula is C16H17BrN4OS. The molecule has 0 amide bonds. The summed E-state index contributed by atoms with van der Waals surface area (Å²) < 4.78 is 6.42. The van der Waals surface area contributed by atoms with E-state index in [1.54, 1.807) is 11.3 Å². The van der Waals surface area contributed by atoms with Gasteiger partial charge in [0.15, 0.2) is 0 Å². The van der Waals surface area contributed by atoms with Crippen LogP contribution in [0.3, 0.4) is 0 Å². The second kappa shape index (κ2) is 7.83. The van der Waals surface area contributed by atoms with Crippen LogP contribution in [-0.4, -0.2) is 28.1 Å². The summed E-state index contributed by atoms with van der Waals surface area (Å²) in [6.45, 7) is 2.76. The van der Waals surface area contributed by atoms with E-state index in [4.69, 9.17) is 10.3 Å². The maximum atomic E-state index is 5.72. The van der Waals surface area contributed by atoms with Gasteiger partial charge in [-0.25, -0.2) is 0 Å². The Kier molecular flexibility index (Phi) is 5.56. The summed E-state index contributed by atoms with van der Waals surface area (Å²) in [5.74, 6) is 1.23. The highest BCUT2D eigenvalue weighted by atomic mass is 79.9. The molecule has 0 bridgehead atoms. The van der Waals surface area contributed by atoms with E-state index < -0.39 is 0 Å². The molecule has 2 aromatic heterocycles. The minimum atomic E-state index is 0.589. The van der Waals surface area contributed by atoms with Crippen LogP contribution in [0.2, 0.25) is 0 Å². The summed E-state index contributed by atoms with van der Waals surface area (Å²) in [5.41, 5.74) is 6.96. The summed E-state index contributed by atoms with van der Waals surface area (Å²) in [5, 5.41) is 6.07. The lowest BCUT2D eigenvalue weighted by atomic mass is 10.2. The first-order valence-electron chi connectivity index (χ1n) is 7.28. The number of hydrogen-bond donors (Lipinski definition) is 1. The van der Waals surface area contributed by atoms with Crippen molar-refractivity contribution < 1.29 is 4.52 Å². The van der Waals surface area contributed by atoms with Gasteiger partial charge in [0.25, 0.3) is 0 Å². The first-order valence-corrected chi connectivity index (χ1v) is 8.95. The number of halogens is 1. The molecular weight excluding hydrogens is 376 g/mol. The number of benzene rings is 1. The van der Waals surface area contributed by atoms with Crippen LogP contribution in [-0.2, 0) is 13.1 Å². The zero-order chi connectivity index (χ0) is 16.1. The standard InChI is InChI=1S/C16H17BrN4OS/c17-13-8-14(23-11-13)16-19-15(22-20-16)10-21(7-6-18)9-12-4-2-1-3-5-12/h1-5,8,11H,6-7,9-10,18H2. The summed E-state index contributed by atoms with van der Waals surface area (Å²) in [6.07, 6.45) is 0. The molecule has 0 radical (unpaired) electrons. The van der Waals surface area contributed by atoms with Crippen molar-refractivity contribution in [3.63, 3.8) is 0 Å². The maximum absolute atomic E-state index is 5.72. The van der Waals surface area contributed by atoms with Gasteiger partial charge in [0.05, 0.1) is 11.4 Å². The SMILES string of the molecule is NCCN(Cc1ccccc1)Cc1nc(-c2cc(Br)cs2)no1. The molecule has 2 heterocycles. The molecule has 0 aliphatic heterocycles. The van der Waals surface area contributed by atoms with Gasteiger partial charge >= 0.3 is 0 Å². The lowest BCUT2D eigenvalue weighted by Crippen LogP contribution is -2.28. The first kappa shape index (κ1) is 16.3. The molecule has 23 heavy (non-hydrogen) atoms. The van der Waals surface area contributed by atoms with Crippen LogP contribution in [0.5, 0.6) is 0 Å². The zero-order valence-corrected chi connectivity index (χ0v) is 14.9. The van der Waals surface area contributed by atoms with Crippen molar-refractivity contribution in [3.05, 3.63) is 57.7 Å². The van der Waals surface area contributed by atoms with E-state index in [0.717, 1.165) is 22.4 Å². The van der Waals surface area contributed by atoms with Crippen molar-refractivity contribution in [2.45, 2.75) is 13.1 Å². The normalized spacial score (nSPS) is 11.3. The third-order valence-corrected chi connectivity index (χ3v) is 5.00. The monoisotopic (exact) mass is 392 g/mol. The van der Waals surface area contributed by atoms with Crippen LogP contribution < -0.4 is 5.73 Å². The quantitative estimate of drug-likeness (QED) is 0.665. The molecule has 0 fully saturated rings. The van der Waals surface area contributed by atoms with Gasteiger partial charge in [-0.2, -0.15) is 4.98 Å². The number of thiophene rings is 1. The van der Waals surface area contributed by atoms with E-state index in [-0.39, 0.29) is 0 Å². The van der Waals surface area contributed by atoms with Gasteiger partial charge in [-0.3, -0.25) is 4.90 Å². The van der Waals surface area contributed by atoms with Gasteiger partial charge in [0.1, 0.15) is 0 Å². The van der Waals surface area contributed by atoms with E-state index in [1.807, 2.05) is 29.6 Å². The number of rotatable bonds is 7. The molecule has 0 aliphatic carbocycles. The molecule has 0 saturated heterocycles. The summed E-state index contributed by atoms with van der Waals surface area (Å²) in [7, 11) is 0. The van der Waals surface area contributed by atoms with E-state index in [0.29, 0.717) is 24.8 Å². The van der Waals surface area contributed by atoms with Crippen molar-refractivity contribution in [2.75, 3.05) is 13.1 Å². The third kappa shape index (κ3) is 4.48. The average Bonchev–Trinajstić information content (AvgIpc) is 3.17. The van der Waals surface area contributed by atoms with Gasteiger partial charge < -0.3 is 10.3 Å². The second-order valence-electron chi connectivity index (χ2n) is 5.13. The maximum Gasteiger partial charge on any atom is 0.241 e. The van der Waals surface area contributed by atoms with Gasteiger partial charge in [-0.05, 0) is 27.6 Å². The second-order valence-corrected chi connectivity index (χ2v) is 6.95. The summed E-state index contributed by atoms with van der Waals surface area (Å²) in [4.78, 5) is 7.68. The Morgan fingerprint density at radius 1 is 1.22 bits per heavy atom. The highest BCUT2D eigenvalue weighted by Gasteiger charge is 2.14. The predicted octanol–water partition coefficient (Wildman–Crippen LogP) is 3.52. The smallest absolute Gasteiger partial charge is 0.241 e. The highest BCUT2D eigenvalue weighted by Crippen LogP contribution is 2.27. The lowest BCUT2D eigenvalue weighted by Gasteiger charge is -2.19. The fourth-order valence-corrected chi connectivity index (χ4v) is 3.63. The van der Waals surface area contributed by atoms with Crippen LogP contribution >= 0.6 is 27.3 Å². The van der Waals surface area contributed by atoms with Crippen LogP contribution in [0.4, 0.5) is 0 Å². The molecule has 120 valence electrons. The van der Waals surface area contributed by atoms with Crippen molar-refractivity contribution >= 4 is 27.3 Å².